The highest BCUT2D eigenvalue weighted by Crippen LogP contribution is 2.52. The highest BCUT2D eigenvalue weighted by atomic mass is 16.5. The molecule has 0 aliphatic heterocycles. The van der Waals surface area contributed by atoms with Crippen LogP contribution in [0.3, 0.4) is 0 Å². The topological polar surface area (TPSA) is 51.0 Å². The minimum atomic E-state index is 0.0115. The van der Waals surface area contributed by atoms with Gasteiger partial charge < -0.3 is 9.84 Å². The molecule has 0 bridgehead atoms. The fraction of sp³-hybridized carbons (Fsp3) is 0.500. The second-order valence-electron chi connectivity index (χ2n) is 5.69. The SMILES string of the molecule is CNC(C)CCc1nc(C2(c3ccccc3)CC2)no1. The zero-order valence-corrected chi connectivity index (χ0v) is 12.1. The van der Waals surface area contributed by atoms with Crippen LogP contribution in [0.5, 0.6) is 0 Å². The lowest BCUT2D eigenvalue weighted by molar-refractivity contribution is 0.362. The van der Waals surface area contributed by atoms with Crippen molar-refractivity contribution in [1.29, 1.82) is 0 Å². The van der Waals surface area contributed by atoms with Crippen LogP contribution in [-0.4, -0.2) is 23.2 Å². The van der Waals surface area contributed by atoms with E-state index >= 15 is 0 Å². The predicted molar refractivity (Wildman–Crippen MR) is 77.6 cm³/mol. The summed E-state index contributed by atoms with van der Waals surface area (Å²) in [5, 5.41) is 7.44. The molecule has 1 aliphatic rings. The van der Waals surface area contributed by atoms with Crippen molar-refractivity contribution in [2.75, 3.05) is 7.05 Å². The van der Waals surface area contributed by atoms with Gasteiger partial charge in [-0.2, -0.15) is 4.98 Å². The molecule has 2 aromatic rings. The zero-order chi connectivity index (χ0) is 14.0. The minimum Gasteiger partial charge on any atom is -0.339 e. The maximum absolute atomic E-state index is 5.42. The Kier molecular flexibility index (Phi) is 3.57. The Morgan fingerprint density at radius 3 is 2.70 bits per heavy atom. The molecule has 20 heavy (non-hydrogen) atoms. The Hall–Kier alpha value is -1.68. The van der Waals surface area contributed by atoms with Gasteiger partial charge in [-0.05, 0) is 38.8 Å². The van der Waals surface area contributed by atoms with Crippen molar-refractivity contribution >= 4 is 0 Å². The van der Waals surface area contributed by atoms with E-state index in [9.17, 15) is 0 Å². The quantitative estimate of drug-likeness (QED) is 0.877. The minimum absolute atomic E-state index is 0.0115. The first-order valence-corrected chi connectivity index (χ1v) is 7.30. The molecule has 1 atom stereocenters. The Labute approximate surface area is 119 Å². The molecule has 3 rings (SSSR count). The number of hydrogen-bond donors (Lipinski definition) is 1. The Balaban J connectivity index is 1.74. The first-order valence-electron chi connectivity index (χ1n) is 7.30. The van der Waals surface area contributed by atoms with Crippen molar-refractivity contribution in [2.24, 2.45) is 0 Å². The Bertz CT molecular complexity index is 560. The Morgan fingerprint density at radius 2 is 2.05 bits per heavy atom. The van der Waals surface area contributed by atoms with Gasteiger partial charge in [0.15, 0.2) is 5.82 Å². The van der Waals surface area contributed by atoms with E-state index in [0.29, 0.717) is 6.04 Å². The van der Waals surface area contributed by atoms with E-state index in [-0.39, 0.29) is 5.41 Å². The van der Waals surface area contributed by atoms with Gasteiger partial charge in [-0.15, -0.1) is 0 Å². The van der Waals surface area contributed by atoms with Gasteiger partial charge in [-0.3, -0.25) is 0 Å². The fourth-order valence-electron chi connectivity index (χ4n) is 2.56. The molecule has 1 saturated carbocycles. The van der Waals surface area contributed by atoms with Crippen molar-refractivity contribution in [1.82, 2.24) is 15.5 Å². The molecule has 0 radical (unpaired) electrons. The fourth-order valence-corrected chi connectivity index (χ4v) is 2.56. The van der Waals surface area contributed by atoms with Crippen LogP contribution in [0, 0.1) is 0 Å². The van der Waals surface area contributed by atoms with Gasteiger partial charge in [0.05, 0.1) is 5.41 Å². The maximum atomic E-state index is 5.42. The lowest BCUT2D eigenvalue weighted by Crippen LogP contribution is -2.21. The number of rotatable bonds is 6. The standard InChI is InChI=1S/C16H21N3O/c1-12(17-2)8-9-14-18-15(19-20-14)16(10-11-16)13-6-4-3-5-7-13/h3-7,12,17H,8-11H2,1-2H3. The predicted octanol–water partition coefficient (Wildman–Crippen LogP) is 2.69. The lowest BCUT2D eigenvalue weighted by Gasteiger charge is -2.10. The van der Waals surface area contributed by atoms with E-state index in [2.05, 4.69) is 46.6 Å². The summed E-state index contributed by atoms with van der Waals surface area (Å²) in [4.78, 5) is 4.62. The lowest BCUT2D eigenvalue weighted by atomic mass is 9.95. The molecule has 4 heteroatoms. The summed E-state index contributed by atoms with van der Waals surface area (Å²) in [6, 6.07) is 11.0. The van der Waals surface area contributed by atoms with E-state index in [1.54, 1.807) is 0 Å². The van der Waals surface area contributed by atoms with Gasteiger partial charge in [-0.25, -0.2) is 0 Å². The second-order valence-corrected chi connectivity index (χ2v) is 5.69. The molecular formula is C16H21N3O. The van der Waals surface area contributed by atoms with E-state index in [4.69, 9.17) is 4.52 Å². The Morgan fingerprint density at radius 1 is 1.30 bits per heavy atom. The third-order valence-corrected chi connectivity index (χ3v) is 4.26. The molecule has 0 saturated heterocycles. The summed E-state index contributed by atoms with van der Waals surface area (Å²) < 4.78 is 5.42. The monoisotopic (exact) mass is 271 g/mol. The van der Waals surface area contributed by atoms with Crippen LogP contribution in [0.1, 0.15) is 43.5 Å². The molecule has 1 unspecified atom stereocenters. The van der Waals surface area contributed by atoms with E-state index in [0.717, 1.165) is 37.4 Å². The number of nitrogens with zero attached hydrogens (tertiary/aromatic N) is 2. The van der Waals surface area contributed by atoms with Crippen LogP contribution in [-0.2, 0) is 11.8 Å². The third-order valence-electron chi connectivity index (χ3n) is 4.26. The number of nitrogens with one attached hydrogen (secondary N) is 1. The first-order chi connectivity index (χ1) is 9.74. The van der Waals surface area contributed by atoms with Crippen LogP contribution in [0.15, 0.2) is 34.9 Å². The molecule has 0 amide bonds. The molecular weight excluding hydrogens is 250 g/mol. The third kappa shape index (κ3) is 2.48. The highest BCUT2D eigenvalue weighted by molar-refractivity contribution is 5.38. The van der Waals surface area contributed by atoms with E-state index < -0.39 is 0 Å². The summed E-state index contributed by atoms with van der Waals surface area (Å²) in [5.41, 5.74) is 1.31. The molecule has 1 N–H and O–H groups in total. The van der Waals surface area contributed by atoms with Gasteiger partial charge >= 0.3 is 0 Å². The molecule has 106 valence electrons. The van der Waals surface area contributed by atoms with Crippen molar-refractivity contribution < 1.29 is 4.52 Å². The molecule has 4 nitrogen and oxygen atoms in total. The van der Waals surface area contributed by atoms with Gasteiger partial charge in [0, 0.05) is 12.5 Å². The van der Waals surface area contributed by atoms with Crippen LogP contribution >= 0.6 is 0 Å². The van der Waals surface area contributed by atoms with E-state index in [1.807, 2.05) is 13.1 Å². The van der Waals surface area contributed by atoms with Crippen LogP contribution in [0.4, 0.5) is 0 Å². The van der Waals surface area contributed by atoms with Gasteiger partial charge in [0.2, 0.25) is 5.89 Å². The molecule has 1 aromatic heterocycles. The van der Waals surface area contributed by atoms with Crippen molar-refractivity contribution in [2.45, 2.75) is 44.1 Å². The van der Waals surface area contributed by atoms with Gasteiger partial charge in [0.25, 0.3) is 0 Å². The largest absolute Gasteiger partial charge is 0.339 e. The normalized spacial score (nSPS) is 17.9. The molecule has 0 spiro atoms. The van der Waals surface area contributed by atoms with Crippen LogP contribution in [0.2, 0.25) is 0 Å². The average Bonchev–Trinajstić information content (AvgIpc) is 3.18. The van der Waals surface area contributed by atoms with Crippen LogP contribution < -0.4 is 5.32 Å². The summed E-state index contributed by atoms with van der Waals surface area (Å²) in [6.07, 6.45) is 4.07. The van der Waals surface area contributed by atoms with Crippen molar-refractivity contribution in [3.05, 3.63) is 47.6 Å². The molecule has 1 aromatic carbocycles. The van der Waals surface area contributed by atoms with E-state index in [1.165, 1.54) is 5.56 Å². The smallest absolute Gasteiger partial charge is 0.226 e. The summed E-state index contributed by atoms with van der Waals surface area (Å²) in [5.74, 6) is 1.61. The second kappa shape index (κ2) is 5.37. The number of hydrogen-bond acceptors (Lipinski definition) is 4. The van der Waals surface area contributed by atoms with Gasteiger partial charge in [0.1, 0.15) is 0 Å². The van der Waals surface area contributed by atoms with Crippen molar-refractivity contribution in [3.8, 4) is 0 Å². The summed E-state index contributed by atoms with van der Waals surface area (Å²) in [7, 11) is 1.97. The number of aryl methyl sites for hydroxylation is 1. The molecule has 1 aliphatic carbocycles. The number of aromatic nitrogens is 2. The number of benzene rings is 1. The average molecular weight is 271 g/mol. The van der Waals surface area contributed by atoms with Crippen LogP contribution in [0.25, 0.3) is 0 Å². The summed E-state index contributed by atoms with van der Waals surface area (Å²) >= 11 is 0. The highest BCUT2D eigenvalue weighted by Gasteiger charge is 2.49. The summed E-state index contributed by atoms with van der Waals surface area (Å²) in [6.45, 7) is 2.16. The molecule has 1 fully saturated rings. The van der Waals surface area contributed by atoms with Gasteiger partial charge in [-0.1, -0.05) is 35.5 Å². The zero-order valence-electron chi connectivity index (χ0n) is 12.1. The molecule has 1 heterocycles. The van der Waals surface area contributed by atoms with Crippen molar-refractivity contribution in [3.63, 3.8) is 0 Å². The maximum Gasteiger partial charge on any atom is 0.226 e. The first kappa shape index (κ1) is 13.3.